The highest BCUT2D eigenvalue weighted by Crippen LogP contribution is 2.33. The van der Waals surface area contributed by atoms with Gasteiger partial charge in [0.15, 0.2) is 11.5 Å². The second kappa shape index (κ2) is 9.22. The summed E-state index contributed by atoms with van der Waals surface area (Å²) in [6, 6.07) is 13.7. The van der Waals surface area contributed by atoms with Gasteiger partial charge in [0, 0.05) is 37.8 Å². The lowest BCUT2D eigenvalue weighted by Gasteiger charge is -2.29. The average Bonchev–Trinajstić information content (AvgIpc) is 3.29. The standard InChI is InChI=1S/C24H27N3O4/c1-16-4-6-17(7-5-16)20-14-23(31-26-20)24(28)25-9-11-27-10-8-18-12-21(29-2)22(30-3)13-19(18)15-27/h4-7,12-14H,8-11,15H2,1-3H3,(H,25,28). The van der Waals surface area contributed by atoms with Gasteiger partial charge >= 0.3 is 0 Å². The number of hydrogen-bond donors (Lipinski definition) is 1. The number of nitrogens with zero attached hydrogens (tertiary/aromatic N) is 2. The Labute approximate surface area is 181 Å². The van der Waals surface area contributed by atoms with Crippen LogP contribution < -0.4 is 14.8 Å². The molecular formula is C24H27N3O4. The van der Waals surface area contributed by atoms with E-state index >= 15 is 0 Å². The van der Waals surface area contributed by atoms with Crippen molar-refractivity contribution in [3.63, 3.8) is 0 Å². The molecule has 31 heavy (non-hydrogen) atoms. The fourth-order valence-electron chi connectivity index (χ4n) is 3.79. The van der Waals surface area contributed by atoms with Crippen molar-refractivity contribution in [1.82, 2.24) is 15.4 Å². The third-order valence-electron chi connectivity index (χ3n) is 5.59. The summed E-state index contributed by atoms with van der Waals surface area (Å²) >= 11 is 0. The maximum atomic E-state index is 12.4. The lowest BCUT2D eigenvalue weighted by molar-refractivity contribution is 0.0910. The summed E-state index contributed by atoms with van der Waals surface area (Å²) in [6.45, 7) is 5.05. The van der Waals surface area contributed by atoms with Gasteiger partial charge in [-0.15, -0.1) is 0 Å². The molecule has 1 aliphatic heterocycles. The molecule has 1 aliphatic rings. The first kappa shape index (κ1) is 20.9. The maximum Gasteiger partial charge on any atom is 0.289 e. The van der Waals surface area contributed by atoms with E-state index in [1.165, 1.54) is 16.7 Å². The van der Waals surface area contributed by atoms with Gasteiger partial charge in [-0.05, 0) is 36.6 Å². The van der Waals surface area contributed by atoms with Crippen LogP contribution in [0.5, 0.6) is 11.5 Å². The van der Waals surface area contributed by atoms with Crippen molar-refractivity contribution in [3.05, 3.63) is 64.9 Å². The molecule has 0 unspecified atom stereocenters. The number of carbonyl (C=O) groups excluding carboxylic acids is 1. The Balaban J connectivity index is 1.31. The lowest BCUT2D eigenvalue weighted by Crippen LogP contribution is -2.37. The highest BCUT2D eigenvalue weighted by molar-refractivity contribution is 5.92. The largest absolute Gasteiger partial charge is 0.493 e. The minimum atomic E-state index is -0.255. The number of ether oxygens (including phenoxy) is 2. The van der Waals surface area contributed by atoms with Crippen LogP contribution in [0.25, 0.3) is 11.3 Å². The van der Waals surface area contributed by atoms with Crippen molar-refractivity contribution in [2.24, 2.45) is 0 Å². The number of rotatable bonds is 7. The molecule has 7 heteroatoms. The molecule has 0 aliphatic carbocycles. The Morgan fingerprint density at radius 3 is 2.52 bits per heavy atom. The molecule has 4 rings (SSSR count). The lowest BCUT2D eigenvalue weighted by atomic mass is 9.99. The summed E-state index contributed by atoms with van der Waals surface area (Å²) in [6.07, 6.45) is 0.936. The van der Waals surface area contributed by atoms with Gasteiger partial charge in [0.2, 0.25) is 5.76 Å². The molecule has 1 N–H and O–H groups in total. The first-order valence-electron chi connectivity index (χ1n) is 10.4. The summed E-state index contributed by atoms with van der Waals surface area (Å²) in [5.41, 5.74) is 5.26. The number of nitrogens with one attached hydrogen (secondary N) is 1. The predicted octanol–water partition coefficient (Wildman–Crippen LogP) is 3.46. The second-order valence-electron chi connectivity index (χ2n) is 7.70. The van der Waals surface area contributed by atoms with Crippen molar-refractivity contribution < 1.29 is 18.8 Å². The van der Waals surface area contributed by atoms with E-state index in [0.29, 0.717) is 12.2 Å². The summed E-state index contributed by atoms with van der Waals surface area (Å²) in [5, 5.41) is 6.95. The van der Waals surface area contributed by atoms with Crippen LogP contribution in [0.3, 0.4) is 0 Å². The quantitative estimate of drug-likeness (QED) is 0.630. The molecule has 0 fully saturated rings. The van der Waals surface area contributed by atoms with Crippen LogP contribution in [-0.2, 0) is 13.0 Å². The number of methoxy groups -OCH3 is 2. The molecule has 1 aromatic heterocycles. The SMILES string of the molecule is COc1cc2c(cc1OC)CN(CCNC(=O)c1cc(-c3ccc(C)cc3)no1)CC2. The van der Waals surface area contributed by atoms with Crippen LogP contribution in [0.1, 0.15) is 27.2 Å². The predicted molar refractivity (Wildman–Crippen MR) is 118 cm³/mol. The van der Waals surface area contributed by atoms with E-state index in [4.69, 9.17) is 14.0 Å². The Hall–Kier alpha value is -3.32. The molecule has 0 atom stereocenters. The smallest absolute Gasteiger partial charge is 0.289 e. The van der Waals surface area contributed by atoms with Crippen molar-refractivity contribution in [1.29, 1.82) is 0 Å². The van der Waals surface area contributed by atoms with Gasteiger partial charge in [0.05, 0.1) is 14.2 Å². The number of fused-ring (bicyclic) bond motifs is 1. The van der Waals surface area contributed by atoms with Crippen LogP contribution in [-0.4, -0.2) is 49.8 Å². The zero-order valence-electron chi connectivity index (χ0n) is 18.1. The maximum absolute atomic E-state index is 12.4. The molecule has 0 bridgehead atoms. The Morgan fingerprint density at radius 1 is 1.10 bits per heavy atom. The van der Waals surface area contributed by atoms with E-state index in [-0.39, 0.29) is 11.7 Å². The van der Waals surface area contributed by atoms with Gasteiger partial charge < -0.3 is 19.3 Å². The molecule has 1 amide bonds. The second-order valence-corrected chi connectivity index (χ2v) is 7.70. The third-order valence-corrected chi connectivity index (χ3v) is 5.59. The Kier molecular flexibility index (Phi) is 6.23. The van der Waals surface area contributed by atoms with Gasteiger partial charge in [-0.1, -0.05) is 35.0 Å². The number of aromatic nitrogens is 1. The van der Waals surface area contributed by atoms with Crippen LogP contribution >= 0.6 is 0 Å². The molecule has 2 aromatic carbocycles. The minimum absolute atomic E-state index is 0.219. The van der Waals surface area contributed by atoms with Crippen LogP contribution in [0.15, 0.2) is 47.0 Å². The number of carbonyl (C=O) groups is 1. The molecule has 0 saturated heterocycles. The first-order valence-corrected chi connectivity index (χ1v) is 10.4. The first-order chi connectivity index (χ1) is 15.1. The van der Waals surface area contributed by atoms with Crippen molar-refractivity contribution in [2.45, 2.75) is 19.9 Å². The van der Waals surface area contributed by atoms with Gasteiger partial charge in [-0.2, -0.15) is 0 Å². The van der Waals surface area contributed by atoms with Gasteiger partial charge in [0.1, 0.15) is 5.69 Å². The number of hydrogen-bond acceptors (Lipinski definition) is 6. The van der Waals surface area contributed by atoms with Crippen LogP contribution in [0.2, 0.25) is 0 Å². The highest BCUT2D eigenvalue weighted by Gasteiger charge is 2.20. The Bertz CT molecular complexity index is 1060. The molecule has 2 heterocycles. The summed E-state index contributed by atoms with van der Waals surface area (Å²) in [4.78, 5) is 14.8. The van der Waals surface area contributed by atoms with Gasteiger partial charge in [0.25, 0.3) is 5.91 Å². The van der Waals surface area contributed by atoms with E-state index < -0.39 is 0 Å². The normalized spacial score (nSPS) is 13.5. The summed E-state index contributed by atoms with van der Waals surface area (Å²) < 4.78 is 16.1. The van der Waals surface area contributed by atoms with E-state index in [9.17, 15) is 4.79 Å². The van der Waals surface area contributed by atoms with Gasteiger partial charge in [-0.3, -0.25) is 9.69 Å². The number of aryl methyl sites for hydroxylation is 1. The zero-order chi connectivity index (χ0) is 21.8. The molecule has 0 spiro atoms. The average molecular weight is 421 g/mol. The highest BCUT2D eigenvalue weighted by atomic mass is 16.5. The molecule has 0 radical (unpaired) electrons. The van der Waals surface area contributed by atoms with Crippen LogP contribution in [0.4, 0.5) is 0 Å². The molecular weight excluding hydrogens is 394 g/mol. The number of amides is 1. The van der Waals surface area contributed by atoms with Crippen molar-refractivity contribution in [2.75, 3.05) is 33.9 Å². The van der Waals surface area contributed by atoms with Crippen molar-refractivity contribution in [3.8, 4) is 22.8 Å². The number of benzene rings is 2. The van der Waals surface area contributed by atoms with E-state index in [1.807, 2.05) is 37.3 Å². The van der Waals surface area contributed by atoms with E-state index in [1.54, 1.807) is 20.3 Å². The monoisotopic (exact) mass is 421 g/mol. The fourth-order valence-corrected chi connectivity index (χ4v) is 3.79. The third kappa shape index (κ3) is 4.72. The van der Waals surface area contributed by atoms with Crippen LogP contribution in [0, 0.1) is 6.92 Å². The molecule has 0 saturated carbocycles. The zero-order valence-corrected chi connectivity index (χ0v) is 18.1. The van der Waals surface area contributed by atoms with E-state index in [2.05, 4.69) is 21.4 Å². The Morgan fingerprint density at radius 2 is 1.81 bits per heavy atom. The van der Waals surface area contributed by atoms with Crippen molar-refractivity contribution >= 4 is 5.91 Å². The summed E-state index contributed by atoms with van der Waals surface area (Å²) in [7, 11) is 3.30. The molecule has 3 aromatic rings. The molecule has 7 nitrogen and oxygen atoms in total. The summed E-state index contributed by atoms with van der Waals surface area (Å²) in [5.74, 6) is 1.47. The molecule has 162 valence electrons. The van der Waals surface area contributed by atoms with Gasteiger partial charge in [-0.25, -0.2) is 0 Å². The minimum Gasteiger partial charge on any atom is -0.493 e. The van der Waals surface area contributed by atoms with E-state index in [0.717, 1.165) is 43.1 Å². The topological polar surface area (TPSA) is 76.8 Å². The fraction of sp³-hybridized carbons (Fsp3) is 0.333.